The monoisotopic (exact) mass is 545 g/mol. The second-order valence-electron chi connectivity index (χ2n) is 9.95. The van der Waals surface area contributed by atoms with E-state index in [-0.39, 0.29) is 5.91 Å². The number of benzene rings is 4. The van der Waals surface area contributed by atoms with E-state index in [0.29, 0.717) is 34.1 Å². The van der Waals surface area contributed by atoms with Crippen LogP contribution in [-0.2, 0) is 4.79 Å². The third-order valence-corrected chi connectivity index (χ3v) is 6.74. The summed E-state index contributed by atoms with van der Waals surface area (Å²) in [6.07, 6.45) is 0. The molecule has 4 aromatic carbocycles. The number of hydrogen-bond acceptors (Lipinski definition) is 5. The van der Waals surface area contributed by atoms with Crippen molar-refractivity contribution in [2.75, 3.05) is 12.4 Å². The molecule has 0 fully saturated rings. The molecule has 0 bridgehead atoms. The Morgan fingerprint density at radius 2 is 1.51 bits per heavy atom. The minimum atomic E-state index is -0.448. The summed E-state index contributed by atoms with van der Waals surface area (Å²) in [7, 11) is 1.58. The van der Waals surface area contributed by atoms with Crippen molar-refractivity contribution >= 4 is 17.6 Å². The molecule has 1 aromatic heterocycles. The summed E-state index contributed by atoms with van der Waals surface area (Å²) in [5, 5.41) is 7.93. The Kier molecular flexibility index (Phi) is 7.70. The first-order valence-electron chi connectivity index (χ1n) is 13.3. The number of methoxy groups -OCH3 is 1. The average molecular weight is 546 g/mol. The molecule has 0 saturated carbocycles. The van der Waals surface area contributed by atoms with Crippen LogP contribution < -0.4 is 14.8 Å². The molecule has 0 spiro atoms. The topological polar surface area (TPSA) is 82.4 Å². The molecular weight excluding hydrogens is 514 g/mol. The number of nitrogens with zero attached hydrogens (tertiary/aromatic N) is 2. The SMILES string of the molecule is COc1ccc(C(=O)Nc2ccc(-c3c(-c4cccc(C)c4)nn(-c4ccc(C)cc4C)c3OC(C)=O)cc2)cc1. The standard InChI is InChI=1S/C34H31N3O4/c1-21-7-6-8-27(20-21)32-31(34(41-24(4)38)37(36-32)30-18-9-22(2)19-23(30)3)25-10-14-28(15-11-25)35-33(39)26-12-16-29(40-5)17-13-26/h6-20H,1-5H3,(H,35,39). The number of rotatable bonds is 7. The Hall–Kier alpha value is -5.17. The van der Waals surface area contributed by atoms with Crippen LogP contribution in [0.5, 0.6) is 11.6 Å². The van der Waals surface area contributed by atoms with Gasteiger partial charge in [0.05, 0.1) is 18.4 Å². The number of carbonyl (C=O) groups is 2. The minimum absolute atomic E-state index is 0.232. The Morgan fingerprint density at radius 1 is 0.805 bits per heavy atom. The van der Waals surface area contributed by atoms with E-state index in [9.17, 15) is 9.59 Å². The van der Waals surface area contributed by atoms with E-state index in [1.807, 2.05) is 75.4 Å². The Morgan fingerprint density at radius 3 is 2.15 bits per heavy atom. The molecule has 0 saturated heterocycles. The Balaban J connectivity index is 1.60. The van der Waals surface area contributed by atoms with Gasteiger partial charge in [-0.15, -0.1) is 0 Å². The maximum absolute atomic E-state index is 12.8. The number of aromatic nitrogens is 2. The summed E-state index contributed by atoms with van der Waals surface area (Å²) in [6.45, 7) is 7.45. The van der Waals surface area contributed by atoms with E-state index in [0.717, 1.165) is 33.5 Å². The number of carbonyl (C=O) groups excluding carboxylic acids is 2. The van der Waals surface area contributed by atoms with Crippen LogP contribution in [0.2, 0.25) is 0 Å². The lowest BCUT2D eigenvalue weighted by molar-refractivity contribution is -0.132. The number of ether oxygens (including phenoxy) is 2. The third-order valence-electron chi connectivity index (χ3n) is 6.74. The van der Waals surface area contributed by atoms with Crippen molar-refractivity contribution in [3.63, 3.8) is 0 Å². The number of amides is 1. The molecule has 1 heterocycles. The fourth-order valence-electron chi connectivity index (χ4n) is 4.76. The normalized spacial score (nSPS) is 10.8. The van der Waals surface area contributed by atoms with Gasteiger partial charge in [0, 0.05) is 23.7 Å². The molecule has 0 aliphatic rings. The summed E-state index contributed by atoms with van der Waals surface area (Å²) in [5.41, 5.74) is 8.21. The van der Waals surface area contributed by atoms with Gasteiger partial charge in [0.1, 0.15) is 11.4 Å². The van der Waals surface area contributed by atoms with Crippen LogP contribution in [0.25, 0.3) is 28.1 Å². The molecule has 41 heavy (non-hydrogen) atoms. The number of anilines is 1. The van der Waals surface area contributed by atoms with Gasteiger partial charge in [-0.2, -0.15) is 9.78 Å². The smallest absolute Gasteiger partial charge is 0.309 e. The zero-order valence-electron chi connectivity index (χ0n) is 23.7. The summed E-state index contributed by atoms with van der Waals surface area (Å²) >= 11 is 0. The first kappa shape index (κ1) is 27.4. The second kappa shape index (κ2) is 11.5. The molecule has 1 N–H and O–H groups in total. The molecule has 0 atom stereocenters. The third kappa shape index (κ3) is 5.89. The molecule has 7 nitrogen and oxygen atoms in total. The first-order chi connectivity index (χ1) is 19.7. The Bertz CT molecular complexity index is 1740. The van der Waals surface area contributed by atoms with Crippen molar-refractivity contribution in [3.05, 3.63) is 113 Å². The van der Waals surface area contributed by atoms with Gasteiger partial charge in [0.2, 0.25) is 5.88 Å². The number of nitrogens with one attached hydrogen (secondary N) is 1. The molecule has 0 aliphatic carbocycles. The molecule has 7 heteroatoms. The maximum Gasteiger partial charge on any atom is 0.309 e. The van der Waals surface area contributed by atoms with Crippen LogP contribution in [0.1, 0.15) is 34.0 Å². The molecule has 206 valence electrons. The van der Waals surface area contributed by atoms with Crippen molar-refractivity contribution < 1.29 is 19.1 Å². The van der Waals surface area contributed by atoms with Crippen molar-refractivity contribution in [1.82, 2.24) is 9.78 Å². The molecular formula is C34H31N3O4. The van der Waals surface area contributed by atoms with E-state index in [4.69, 9.17) is 14.6 Å². The van der Waals surface area contributed by atoms with Gasteiger partial charge in [-0.3, -0.25) is 9.59 Å². The first-order valence-corrected chi connectivity index (χ1v) is 13.3. The largest absolute Gasteiger partial charge is 0.497 e. The van der Waals surface area contributed by atoms with Gasteiger partial charge < -0.3 is 14.8 Å². The van der Waals surface area contributed by atoms with Crippen molar-refractivity contribution in [1.29, 1.82) is 0 Å². The molecule has 0 unspecified atom stereocenters. The zero-order chi connectivity index (χ0) is 29.1. The van der Waals surface area contributed by atoms with Gasteiger partial charge in [0.15, 0.2) is 0 Å². The predicted octanol–water partition coefficient (Wildman–Crippen LogP) is 7.32. The van der Waals surface area contributed by atoms with Crippen LogP contribution >= 0.6 is 0 Å². The fraction of sp³-hybridized carbons (Fsp3) is 0.147. The summed E-state index contributed by atoms with van der Waals surface area (Å²) in [6, 6.07) is 28.4. The second-order valence-corrected chi connectivity index (χ2v) is 9.95. The van der Waals surface area contributed by atoms with Crippen LogP contribution in [-0.4, -0.2) is 28.8 Å². The minimum Gasteiger partial charge on any atom is -0.497 e. The molecule has 5 rings (SSSR count). The van der Waals surface area contributed by atoms with E-state index < -0.39 is 5.97 Å². The lowest BCUT2D eigenvalue weighted by Gasteiger charge is -2.12. The zero-order valence-corrected chi connectivity index (χ0v) is 23.7. The quantitative estimate of drug-likeness (QED) is 0.217. The average Bonchev–Trinajstić information content (AvgIpc) is 3.31. The van der Waals surface area contributed by atoms with E-state index >= 15 is 0 Å². The summed E-state index contributed by atoms with van der Waals surface area (Å²) < 4.78 is 12.7. The van der Waals surface area contributed by atoms with Gasteiger partial charge in [-0.25, -0.2) is 0 Å². The summed E-state index contributed by atoms with van der Waals surface area (Å²) in [4.78, 5) is 25.2. The van der Waals surface area contributed by atoms with Gasteiger partial charge >= 0.3 is 5.97 Å². The fourth-order valence-corrected chi connectivity index (χ4v) is 4.76. The predicted molar refractivity (Wildman–Crippen MR) is 161 cm³/mol. The maximum atomic E-state index is 12.8. The highest BCUT2D eigenvalue weighted by Crippen LogP contribution is 2.42. The highest BCUT2D eigenvalue weighted by atomic mass is 16.5. The number of aryl methyl sites for hydroxylation is 3. The highest BCUT2D eigenvalue weighted by molar-refractivity contribution is 6.04. The number of esters is 1. The molecule has 0 aliphatic heterocycles. The lowest BCUT2D eigenvalue weighted by Crippen LogP contribution is -2.11. The van der Waals surface area contributed by atoms with E-state index in [1.165, 1.54) is 6.92 Å². The molecule has 1 amide bonds. The van der Waals surface area contributed by atoms with Gasteiger partial charge in [-0.05, 0) is 80.4 Å². The van der Waals surface area contributed by atoms with E-state index in [2.05, 4.69) is 17.4 Å². The van der Waals surface area contributed by atoms with Crippen LogP contribution in [0, 0.1) is 20.8 Å². The number of hydrogen-bond donors (Lipinski definition) is 1. The van der Waals surface area contributed by atoms with Crippen LogP contribution in [0.4, 0.5) is 5.69 Å². The lowest BCUT2D eigenvalue weighted by atomic mass is 9.99. The molecule has 0 radical (unpaired) electrons. The van der Waals surface area contributed by atoms with Crippen molar-refractivity contribution in [2.45, 2.75) is 27.7 Å². The summed E-state index contributed by atoms with van der Waals surface area (Å²) in [5.74, 6) is 0.330. The van der Waals surface area contributed by atoms with Crippen LogP contribution in [0.15, 0.2) is 91.0 Å². The van der Waals surface area contributed by atoms with Gasteiger partial charge in [0.25, 0.3) is 5.91 Å². The molecule has 5 aromatic rings. The van der Waals surface area contributed by atoms with Gasteiger partial charge in [-0.1, -0.05) is 53.6 Å². The van der Waals surface area contributed by atoms with Crippen molar-refractivity contribution in [2.24, 2.45) is 0 Å². The van der Waals surface area contributed by atoms with E-state index in [1.54, 1.807) is 36.1 Å². The van der Waals surface area contributed by atoms with Crippen LogP contribution in [0.3, 0.4) is 0 Å². The highest BCUT2D eigenvalue weighted by Gasteiger charge is 2.25. The Labute approximate surface area is 239 Å². The van der Waals surface area contributed by atoms with Crippen molar-refractivity contribution in [3.8, 4) is 39.7 Å².